The smallest absolute Gasteiger partial charge is 0.0507 e. The largest absolute Gasteiger partial charge is 0.381 e. The standard InChI is InChI=1S/C15H28N2O/c1-2-14-9-16-15(6-3-4-7-15)12-17(14)10-13-5-8-18-11-13/h13-14,16H,2-12H2,1H3. The number of ether oxygens (including phenoxy) is 1. The van der Waals surface area contributed by atoms with Gasteiger partial charge in [0.1, 0.15) is 0 Å². The van der Waals surface area contributed by atoms with Crippen LogP contribution in [-0.2, 0) is 4.74 Å². The summed E-state index contributed by atoms with van der Waals surface area (Å²) in [4.78, 5) is 2.78. The average Bonchev–Trinajstić information content (AvgIpc) is 3.02. The lowest BCUT2D eigenvalue weighted by Gasteiger charge is -2.47. The summed E-state index contributed by atoms with van der Waals surface area (Å²) >= 11 is 0. The van der Waals surface area contributed by atoms with E-state index in [4.69, 9.17) is 4.74 Å². The van der Waals surface area contributed by atoms with Crippen molar-refractivity contribution in [3.63, 3.8) is 0 Å². The molecule has 3 rings (SSSR count). The molecule has 3 heteroatoms. The number of piperazine rings is 1. The fourth-order valence-electron chi connectivity index (χ4n) is 4.10. The van der Waals surface area contributed by atoms with Crippen LogP contribution in [-0.4, -0.2) is 49.3 Å². The zero-order valence-electron chi connectivity index (χ0n) is 11.8. The fourth-order valence-corrected chi connectivity index (χ4v) is 4.10. The molecular formula is C15H28N2O. The minimum atomic E-state index is 0.463. The van der Waals surface area contributed by atoms with Crippen molar-refractivity contribution in [3.05, 3.63) is 0 Å². The minimum absolute atomic E-state index is 0.463. The van der Waals surface area contributed by atoms with Crippen LogP contribution in [0.3, 0.4) is 0 Å². The fraction of sp³-hybridized carbons (Fsp3) is 1.00. The Kier molecular flexibility index (Phi) is 3.92. The summed E-state index contributed by atoms with van der Waals surface area (Å²) in [6.45, 7) is 8.05. The molecule has 18 heavy (non-hydrogen) atoms. The maximum absolute atomic E-state index is 5.54. The highest BCUT2D eigenvalue weighted by atomic mass is 16.5. The number of nitrogens with one attached hydrogen (secondary N) is 1. The number of nitrogens with zero attached hydrogens (tertiary/aromatic N) is 1. The zero-order chi connectivity index (χ0) is 12.4. The molecule has 0 amide bonds. The molecule has 3 fully saturated rings. The predicted molar refractivity (Wildman–Crippen MR) is 73.8 cm³/mol. The van der Waals surface area contributed by atoms with E-state index in [-0.39, 0.29) is 0 Å². The van der Waals surface area contributed by atoms with Gasteiger partial charge >= 0.3 is 0 Å². The molecule has 2 heterocycles. The van der Waals surface area contributed by atoms with E-state index in [9.17, 15) is 0 Å². The highest BCUT2D eigenvalue weighted by Crippen LogP contribution is 2.34. The van der Waals surface area contributed by atoms with Crippen molar-refractivity contribution in [1.29, 1.82) is 0 Å². The van der Waals surface area contributed by atoms with Gasteiger partial charge in [0.05, 0.1) is 6.61 Å². The average molecular weight is 252 g/mol. The van der Waals surface area contributed by atoms with Gasteiger partial charge in [-0.3, -0.25) is 4.90 Å². The van der Waals surface area contributed by atoms with Crippen LogP contribution in [0.5, 0.6) is 0 Å². The van der Waals surface area contributed by atoms with E-state index in [1.54, 1.807) is 0 Å². The molecule has 0 aromatic heterocycles. The molecule has 3 aliphatic rings. The quantitative estimate of drug-likeness (QED) is 0.831. The van der Waals surface area contributed by atoms with Gasteiger partial charge in [0.15, 0.2) is 0 Å². The SMILES string of the molecule is CCC1CNC2(CCCC2)CN1CC1CCOC1. The van der Waals surface area contributed by atoms with E-state index in [0.29, 0.717) is 5.54 Å². The topological polar surface area (TPSA) is 24.5 Å². The number of rotatable bonds is 3. The van der Waals surface area contributed by atoms with Crippen LogP contribution in [0.15, 0.2) is 0 Å². The van der Waals surface area contributed by atoms with E-state index in [2.05, 4.69) is 17.1 Å². The van der Waals surface area contributed by atoms with Crippen LogP contribution in [0.2, 0.25) is 0 Å². The van der Waals surface area contributed by atoms with Crippen LogP contribution in [0.4, 0.5) is 0 Å². The Morgan fingerprint density at radius 3 is 2.83 bits per heavy atom. The third kappa shape index (κ3) is 2.59. The number of hydrogen-bond donors (Lipinski definition) is 1. The Balaban J connectivity index is 1.63. The first-order chi connectivity index (χ1) is 8.81. The molecule has 2 unspecified atom stereocenters. The monoisotopic (exact) mass is 252 g/mol. The third-order valence-electron chi connectivity index (χ3n) is 5.28. The molecule has 1 N–H and O–H groups in total. The highest BCUT2D eigenvalue weighted by Gasteiger charge is 2.41. The summed E-state index contributed by atoms with van der Waals surface area (Å²) in [7, 11) is 0. The molecule has 1 aliphatic carbocycles. The van der Waals surface area contributed by atoms with Crippen molar-refractivity contribution in [2.45, 2.75) is 57.0 Å². The molecule has 0 aromatic carbocycles. The van der Waals surface area contributed by atoms with Gasteiger partial charge in [-0.25, -0.2) is 0 Å². The van der Waals surface area contributed by atoms with Crippen molar-refractivity contribution in [3.8, 4) is 0 Å². The molecule has 1 saturated carbocycles. The predicted octanol–water partition coefficient (Wildman–Crippen LogP) is 2.02. The summed E-state index contributed by atoms with van der Waals surface area (Å²) in [6.07, 6.45) is 8.17. The maximum atomic E-state index is 5.54. The zero-order valence-corrected chi connectivity index (χ0v) is 11.8. The van der Waals surface area contributed by atoms with Gasteiger partial charge in [0.25, 0.3) is 0 Å². The van der Waals surface area contributed by atoms with Crippen LogP contribution >= 0.6 is 0 Å². The van der Waals surface area contributed by atoms with E-state index >= 15 is 0 Å². The molecular weight excluding hydrogens is 224 g/mol. The van der Waals surface area contributed by atoms with Crippen molar-refractivity contribution in [2.75, 3.05) is 32.8 Å². The Morgan fingerprint density at radius 2 is 2.17 bits per heavy atom. The van der Waals surface area contributed by atoms with Gasteiger partial charge in [-0.1, -0.05) is 19.8 Å². The summed E-state index contributed by atoms with van der Waals surface area (Å²) in [5, 5.41) is 3.88. The molecule has 3 nitrogen and oxygen atoms in total. The Labute approximate surface area is 111 Å². The highest BCUT2D eigenvalue weighted by molar-refractivity contribution is 5.01. The first-order valence-electron chi connectivity index (χ1n) is 7.88. The van der Waals surface area contributed by atoms with Crippen molar-refractivity contribution < 1.29 is 4.74 Å². The van der Waals surface area contributed by atoms with Gasteiger partial charge in [0.2, 0.25) is 0 Å². The van der Waals surface area contributed by atoms with Gasteiger partial charge in [-0.2, -0.15) is 0 Å². The van der Waals surface area contributed by atoms with Crippen LogP contribution in [0, 0.1) is 5.92 Å². The Hall–Kier alpha value is -0.120. The van der Waals surface area contributed by atoms with Crippen molar-refractivity contribution in [1.82, 2.24) is 10.2 Å². The van der Waals surface area contributed by atoms with E-state index in [1.165, 1.54) is 58.2 Å². The molecule has 0 aromatic rings. The third-order valence-corrected chi connectivity index (χ3v) is 5.28. The summed E-state index contributed by atoms with van der Waals surface area (Å²) in [5.41, 5.74) is 0.463. The van der Waals surface area contributed by atoms with E-state index in [1.807, 2.05) is 0 Å². The lowest BCUT2D eigenvalue weighted by Crippen LogP contribution is -2.63. The summed E-state index contributed by atoms with van der Waals surface area (Å²) < 4.78 is 5.54. The molecule has 0 radical (unpaired) electrons. The van der Waals surface area contributed by atoms with Crippen LogP contribution in [0.1, 0.15) is 45.4 Å². The van der Waals surface area contributed by atoms with Gasteiger partial charge < -0.3 is 10.1 Å². The van der Waals surface area contributed by atoms with Gasteiger partial charge in [-0.05, 0) is 31.6 Å². The lowest BCUT2D eigenvalue weighted by molar-refractivity contribution is 0.0610. The molecule has 104 valence electrons. The Bertz CT molecular complexity index is 270. The number of hydrogen-bond acceptors (Lipinski definition) is 3. The van der Waals surface area contributed by atoms with Crippen molar-refractivity contribution in [2.24, 2.45) is 5.92 Å². The van der Waals surface area contributed by atoms with Crippen LogP contribution in [0.25, 0.3) is 0 Å². The molecule has 2 aliphatic heterocycles. The maximum Gasteiger partial charge on any atom is 0.0507 e. The molecule has 2 atom stereocenters. The molecule has 0 bridgehead atoms. The summed E-state index contributed by atoms with van der Waals surface area (Å²) in [6, 6.07) is 0.747. The van der Waals surface area contributed by atoms with E-state index < -0.39 is 0 Å². The second-order valence-electron chi connectivity index (χ2n) is 6.59. The molecule has 2 saturated heterocycles. The Morgan fingerprint density at radius 1 is 1.33 bits per heavy atom. The second-order valence-corrected chi connectivity index (χ2v) is 6.59. The lowest BCUT2D eigenvalue weighted by atomic mass is 9.90. The molecule has 1 spiro atoms. The first-order valence-corrected chi connectivity index (χ1v) is 7.88. The normalized spacial score (nSPS) is 36.5. The van der Waals surface area contributed by atoms with Gasteiger partial charge in [0, 0.05) is 37.8 Å². The van der Waals surface area contributed by atoms with Crippen LogP contribution < -0.4 is 5.32 Å². The summed E-state index contributed by atoms with van der Waals surface area (Å²) in [5.74, 6) is 0.788. The van der Waals surface area contributed by atoms with Crippen molar-refractivity contribution >= 4 is 0 Å². The minimum Gasteiger partial charge on any atom is -0.381 e. The second kappa shape index (κ2) is 5.48. The van der Waals surface area contributed by atoms with E-state index in [0.717, 1.165) is 25.2 Å². The van der Waals surface area contributed by atoms with Gasteiger partial charge in [-0.15, -0.1) is 0 Å². The first kappa shape index (κ1) is 12.9.